The molecule has 12 nitrogen and oxygen atoms in total. The van der Waals surface area contributed by atoms with Crippen LogP contribution in [0.5, 0.6) is 0 Å². The molecule has 1 aromatic carbocycles. The summed E-state index contributed by atoms with van der Waals surface area (Å²) in [6, 6.07) is 5.73. The third-order valence-electron chi connectivity index (χ3n) is 6.90. The molecule has 5 rings (SSSR count). The molecule has 2 aromatic rings. The number of piperazine rings is 1. The summed E-state index contributed by atoms with van der Waals surface area (Å²) < 4.78 is 33.9. The third-order valence-corrected chi connectivity index (χ3v) is 8.69. The molecule has 2 N–H and O–H groups in total. The molecule has 196 valence electrons. The Balaban J connectivity index is 1.39. The van der Waals surface area contributed by atoms with Crippen molar-refractivity contribution in [3.63, 3.8) is 0 Å². The van der Waals surface area contributed by atoms with E-state index < -0.39 is 16.1 Å². The van der Waals surface area contributed by atoms with Gasteiger partial charge in [0.15, 0.2) is 0 Å². The van der Waals surface area contributed by atoms with Gasteiger partial charge in [0.1, 0.15) is 11.8 Å². The Kier molecular flexibility index (Phi) is 6.57. The van der Waals surface area contributed by atoms with Crippen molar-refractivity contribution in [2.75, 3.05) is 47.0 Å². The molecule has 0 saturated carbocycles. The number of amides is 3. The number of hydrazone groups is 1. The second kappa shape index (κ2) is 9.70. The molecule has 13 heteroatoms. The van der Waals surface area contributed by atoms with Crippen molar-refractivity contribution in [1.82, 2.24) is 29.4 Å². The smallest absolute Gasteiger partial charge is 0.340 e. The SMILES string of the molecule is C#Cc1ccc2[nH]c(S(=O)(=O)N3CCN(C(=O)N4CCC5NCOC5=N4)C(CC(=O)N(C)C)C3)cc2c1. The fourth-order valence-corrected chi connectivity index (χ4v) is 6.25. The number of carbonyl (C=O) groups is 2. The maximum absolute atomic E-state index is 13.6. The standard InChI is InChI=1S/C24H29N7O5S/c1-4-16-5-6-19-17(11-16)12-21(26-19)37(34,35)29-9-10-30(18(14-29)13-22(32)28(2)3)24(33)31-8-7-20-23(27-31)36-15-25-20/h1,5-6,11-12,18,20,25-26H,7-10,13-15H2,2-3H3. The van der Waals surface area contributed by atoms with E-state index in [4.69, 9.17) is 11.2 Å². The highest BCUT2D eigenvalue weighted by Crippen LogP contribution is 2.26. The number of nitrogens with one attached hydrogen (secondary N) is 2. The molecular weight excluding hydrogens is 498 g/mol. The number of aromatic amines is 1. The van der Waals surface area contributed by atoms with Crippen LogP contribution in [-0.2, 0) is 19.6 Å². The minimum Gasteiger partial charge on any atom is -0.463 e. The van der Waals surface area contributed by atoms with Gasteiger partial charge < -0.3 is 19.5 Å². The van der Waals surface area contributed by atoms with Crippen LogP contribution in [0.4, 0.5) is 4.79 Å². The van der Waals surface area contributed by atoms with Gasteiger partial charge in [-0.25, -0.2) is 18.2 Å². The number of terminal acetylenes is 1. The van der Waals surface area contributed by atoms with Gasteiger partial charge in [0.2, 0.25) is 11.8 Å². The zero-order valence-electron chi connectivity index (χ0n) is 20.7. The number of hydrogen-bond donors (Lipinski definition) is 2. The molecule has 2 unspecified atom stereocenters. The molecule has 2 atom stereocenters. The van der Waals surface area contributed by atoms with Crippen molar-refractivity contribution in [1.29, 1.82) is 0 Å². The van der Waals surface area contributed by atoms with Gasteiger partial charge in [-0.1, -0.05) is 5.92 Å². The molecular formula is C24H29N7O5S. The fraction of sp³-hybridized carbons (Fsp3) is 0.458. The molecule has 0 aliphatic carbocycles. The van der Waals surface area contributed by atoms with Gasteiger partial charge in [0, 0.05) is 63.2 Å². The zero-order chi connectivity index (χ0) is 26.3. The zero-order valence-corrected chi connectivity index (χ0v) is 21.5. The normalized spacial score (nSPS) is 22.2. The predicted molar refractivity (Wildman–Crippen MR) is 136 cm³/mol. The average molecular weight is 528 g/mol. The first-order valence-corrected chi connectivity index (χ1v) is 13.4. The summed E-state index contributed by atoms with van der Waals surface area (Å²) in [7, 11) is -0.670. The monoisotopic (exact) mass is 527 g/mol. The molecule has 0 radical (unpaired) electrons. The number of ether oxygens (including phenoxy) is 1. The number of urea groups is 1. The summed E-state index contributed by atoms with van der Waals surface area (Å²) in [4.78, 5) is 32.0. The van der Waals surface area contributed by atoms with Crippen molar-refractivity contribution in [2.45, 2.75) is 30.0 Å². The summed E-state index contributed by atoms with van der Waals surface area (Å²) in [6.07, 6.45) is 6.11. The minimum atomic E-state index is -3.92. The molecule has 1 aromatic heterocycles. The first-order valence-electron chi connectivity index (χ1n) is 12.0. The van der Waals surface area contributed by atoms with Crippen LogP contribution in [0.25, 0.3) is 10.9 Å². The summed E-state index contributed by atoms with van der Waals surface area (Å²) >= 11 is 0. The van der Waals surface area contributed by atoms with Gasteiger partial charge in [-0.3, -0.25) is 10.1 Å². The Morgan fingerprint density at radius 1 is 1.24 bits per heavy atom. The number of fused-ring (bicyclic) bond motifs is 2. The third kappa shape index (κ3) is 4.75. The summed E-state index contributed by atoms with van der Waals surface area (Å²) in [5.41, 5.74) is 1.30. The van der Waals surface area contributed by atoms with Gasteiger partial charge in [0.05, 0.1) is 12.1 Å². The first-order chi connectivity index (χ1) is 17.7. The lowest BCUT2D eigenvalue weighted by atomic mass is 10.1. The number of sulfonamides is 1. The van der Waals surface area contributed by atoms with Crippen LogP contribution in [0.3, 0.4) is 0 Å². The lowest BCUT2D eigenvalue weighted by Crippen LogP contribution is -2.60. The Morgan fingerprint density at radius 2 is 2.05 bits per heavy atom. The van der Waals surface area contributed by atoms with Crippen LogP contribution in [0.2, 0.25) is 0 Å². The van der Waals surface area contributed by atoms with Gasteiger partial charge >= 0.3 is 6.03 Å². The number of carbonyl (C=O) groups excluding carboxylic acids is 2. The number of hydrogen-bond acceptors (Lipinski definition) is 7. The number of rotatable bonds is 4. The molecule has 2 fully saturated rings. The van der Waals surface area contributed by atoms with E-state index >= 15 is 0 Å². The number of nitrogens with zero attached hydrogens (tertiary/aromatic N) is 5. The second-order valence-corrected chi connectivity index (χ2v) is 11.4. The van der Waals surface area contributed by atoms with Crippen LogP contribution >= 0.6 is 0 Å². The maximum Gasteiger partial charge on any atom is 0.340 e. The highest BCUT2D eigenvalue weighted by atomic mass is 32.2. The van der Waals surface area contributed by atoms with E-state index in [9.17, 15) is 18.0 Å². The molecule has 0 bridgehead atoms. The van der Waals surface area contributed by atoms with Crippen LogP contribution < -0.4 is 5.32 Å². The summed E-state index contributed by atoms with van der Waals surface area (Å²) in [5, 5.41) is 9.58. The Bertz CT molecular complexity index is 1410. The van der Waals surface area contributed by atoms with E-state index in [-0.39, 0.29) is 49.1 Å². The van der Waals surface area contributed by atoms with Gasteiger partial charge in [-0.2, -0.15) is 4.31 Å². The highest BCUT2D eigenvalue weighted by Gasteiger charge is 2.41. The molecule has 4 heterocycles. The van der Waals surface area contributed by atoms with Crippen LogP contribution in [0.1, 0.15) is 18.4 Å². The van der Waals surface area contributed by atoms with E-state index in [2.05, 4.69) is 21.3 Å². The predicted octanol–water partition coefficient (Wildman–Crippen LogP) is 0.388. The lowest BCUT2D eigenvalue weighted by molar-refractivity contribution is -0.130. The molecule has 3 aliphatic rings. The van der Waals surface area contributed by atoms with Crippen molar-refractivity contribution in [2.24, 2.45) is 5.10 Å². The maximum atomic E-state index is 13.6. The average Bonchev–Trinajstić information content (AvgIpc) is 3.54. The Morgan fingerprint density at radius 3 is 2.81 bits per heavy atom. The largest absolute Gasteiger partial charge is 0.463 e. The minimum absolute atomic E-state index is 0.00909. The van der Waals surface area contributed by atoms with E-state index in [1.807, 2.05) is 0 Å². The molecule has 37 heavy (non-hydrogen) atoms. The van der Waals surface area contributed by atoms with Gasteiger partial charge in [-0.15, -0.1) is 11.5 Å². The molecule has 0 spiro atoms. The van der Waals surface area contributed by atoms with Crippen LogP contribution in [-0.4, -0.2) is 109 Å². The number of H-pyrrole nitrogens is 1. The first kappa shape index (κ1) is 25.1. The lowest BCUT2D eigenvalue weighted by Gasteiger charge is -2.42. The Hall–Kier alpha value is -3.60. The summed E-state index contributed by atoms with van der Waals surface area (Å²) in [5.74, 6) is 2.81. The topological polar surface area (TPSA) is 131 Å². The van der Waals surface area contributed by atoms with E-state index in [1.165, 1.54) is 14.2 Å². The number of aromatic nitrogens is 1. The van der Waals surface area contributed by atoms with Crippen molar-refractivity contribution in [3.05, 3.63) is 29.8 Å². The van der Waals surface area contributed by atoms with Crippen molar-refractivity contribution < 1.29 is 22.7 Å². The highest BCUT2D eigenvalue weighted by molar-refractivity contribution is 7.89. The van der Waals surface area contributed by atoms with Crippen molar-refractivity contribution >= 4 is 38.8 Å². The van der Waals surface area contributed by atoms with Crippen LogP contribution in [0, 0.1) is 12.3 Å². The molecule has 3 aliphatic heterocycles. The van der Waals surface area contributed by atoms with E-state index in [0.29, 0.717) is 42.1 Å². The van der Waals surface area contributed by atoms with E-state index in [0.717, 1.165) is 0 Å². The van der Waals surface area contributed by atoms with Gasteiger partial charge in [0.25, 0.3) is 10.0 Å². The molecule has 2 saturated heterocycles. The van der Waals surface area contributed by atoms with Gasteiger partial charge in [-0.05, 0) is 30.7 Å². The molecule has 3 amide bonds. The van der Waals surface area contributed by atoms with Crippen molar-refractivity contribution in [3.8, 4) is 12.3 Å². The fourth-order valence-electron chi connectivity index (χ4n) is 4.76. The van der Waals surface area contributed by atoms with Crippen LogP contribution in [0.15, 0.2) is 34.4 Å². The Labute approximate surface area is 215 Å². The number of benzene rings is 1. The quantitative estimate of drug-likeness (QED) is 0.553. The summed E-state index contributed by atoms with van der Waals surface area (Å²) in [6.45, 7) is 0.917. The van der Waals surface area contributed by atoms with E-state index in [1.54, 1.807) is 43.3 Å². The second-order valence-electron chi connectivity index (χ2n) is 9.46.